The predicted molar refractivity (Wildman–Crippen MR) is 43.6 cm³/mol. The van der Waals surface area contributed by atoms with Crippen LogP contribution in [0, 0.1) is 11.3 Å². The molecule has 1 aromatic heterocycles. The van der Waals surface area contributed by atoms with Crippen molar-refractivity contribution < 1.29 is 9.47 Å². The van der Waals surface area contributed by atoms with Gasteiger partial charge in [0.25, 0.3) is 0 Å². The second-order valence-corrected chi connectivity index (χ2v) is 2.66. The summed E-state index contributed by atoms with van der Waals surface area (Å²) < 4.78 is 10.5. The van der Waals surface area contributed by atoms with Gasteiger partial charge < -0.3 is 9.47 Å². The van der Waals surface area contributed by atoms with Gasteiger partial charge in [0.15, 0.2) is 6.29 Å². The summed E-state index contributed by atoms with van der Waals surface area (Å²) in [6.07, 6.45) is 1.30. The summed E-state index contributed by atoms with van der Waals surface area (Å²) in [6, 6.07) is 5.40. The van der Waals surface area contributed by atoms with E-state index in [1.54, 1.807) is 18.3 Å². The highest BCUT2D eigenvalue weighted by Crippen LogP contribution is 2.21. The quantitative estimate of drug-likeness (QED) is 0.640. The van der Waals surface area contributed by atoms with Crippen molar-refractivity contribution in [3.63, 3.8) is 0 Å². The number of nitriles is 1. The van der Waals surface area contributed by atoms with Crippen LogP contribution in [0.25, 0.3) is 0 Å². The molecule has 2 heterocycles. The molecule has 0 aliphatic carbocycles. The third-order valence-corrected chi connectivity index (χ3v) is 1.79. The lowest BCUT2D eigenvalue weighted by atomic mass is 10.2. The number of hydrogen-bond donors (Lipinski definition) is 0. The van der Waals surface area contributed by atoms with Crippen LogP contribution in [0.15, 0.2) is 18.3 Å². The van der Waals surface area contributed by atoms with Crippen LogP contribution < -0.4 is 0 Å². The molecule has 1 saturated heterocycles. The topological polar surface area (TPSA) is 55.1 Å². The lowest BCUT2D eigenvalue weighted by Crippen LogP contribution is -1.98. The highest BCUT2D eigenvalue weighted by Gasteiger charge is 2.18. The summed E-state index contributed by atoms with van der Waals surface area (Å²) >= 11 is 0. The molecule has 0 atom stereocenters. The van der Waals surface area contributed by atoms with Crippen LogP contribution in [0.1, 0.15) is 17.5 Å². The van der Waals surface area contributed by atoms with E-state index >= 15 is 0 Å². The van der Waals surface area contributed by atoms with Crippen molar-refractivity contribution >= 4 is 0 Å². The van der Waals surface area contributed by atoms with Crippen molar-refractivity contribution in [2.24, 2.45) is 0 Å². The Labute approximate surface area is 75.7 Å². The molecule has 1 aliphatic rings. The Morgan fingerprint density at radius 2 is 2.15 bits per heavy atom. The number of pyridine rings is 1. The first-order chi connectivity index (χ1) is 6.40. The van der Waals surface area contributed by atoms with E-state index in [-0.39, 0.29) is 6.29 Å². The van der Waals surface area contributed by atoms with Crippen LogP contribution in [-0.4, -0.2) is 18.2 Å². The van der Waals surface area contributed by atoms with Gasteiger partial charge in [0.1, 0.15) is 11.8 Å². The average molecular weight is 176 g/mol. The summed E-state index contributed by atoms with van der Waals surface area (Å²) in [7, 11) is 0. The van der Waals surface area contributed by atoms with E-state index in [1.807, 2.05) is 6.07 Å². The van der Waals surface area contributed by atoms with Gasteiger partial charge in [-0.15, -0.1) is 0 Å². The van der Waals surface area contributed by atoms with Crippen molar-refractivity contribution in [1.82, 2.24) is 4.98 Å². The molecule has 1 aliphatic heterocycles. The Morgan fingerprint density at radius 1 is 1.38 bits per heavy atom. The van der Waals surface area contributed by atoms with Gasteiger partial charge in [0.2, 0.25) is 0 Å². The molecule has 2 rings (SSSR count). The van der Waals surface area contributed by atoms with Gasteiger partial charge in [-0.25, -0.2) is 4.98 Å². The minimum Gasteiger partial charge on any atom is -0.346 e. The lowest BCUT2D eigenvalue weighted by Gasteiger charge is -2.07. The van der Waals surface area contributed by atoms with Crippen molar-refractivity contribution in [2.75, 3.05) is 13.2 Å². The highest BCUT2D eigenvalue weighted by molar-refractivity contribution is 5.23. The average Bonchev–Trinajstić information content (AvgIpc) is 2.71. The first kappa shape index (κ1) is 8.17. The molecular formula is C9H8N2O2. The molecule has 0 N–H and O–H groups in total. The van der Waals surface area contributed by atoms with Crippen LogP contribution in [0.3, 0.4) is 0 Å². The molecule has 4 nitrogen and oxygen atoms in total. The second kappa shape index (κ2) is 3.52. The maximum absolute atomic E-state index is 8.52. The zero-order valence-electron chi connectivity index (χ0n) is 6.93. The molecule has 4 heteroatoms. The Balaban J connectivity index is 2.18. The van der Waals surface area contributed by atoms with Gasteiger partial charge in [-0.2, -0.15) is 5.26 Å². The molecule has 1 aromatic rings. The fourth-order valence-electron chi connectivity index (χ4n) is 1.16. The molecule has 0 unspecified atom stereocenters. The van der Waals surface area contributed by atoms with Crippen LogP contribution in [0.2, 0.25) is 0 Å². The minimum atomic E-state index is -0.305. The molecule has 1 fully saturated rings. The molecule has 0 bridgehead atoms. The van der Waals surface area contributed by atoms with Crippen molar-refractivity contribution in [1.29, 1.82) is 5.26 Å². The van der Waals surface area contributed by atoms with E-state index in [0.29, 0.717) is 18.9 Å². The number of rotatable bonds is 1. The lowest BCUT2D eigenvalue weighted by molar-refractivity contribution is -0.0443. The first-order valence-electron chi connectivity index (χ1n) is 3.99. The van der Waals surface area contributed by atoms with E-state index in [0.717, 1.165) is 5.56 Å². The fraction of sp³-hybridized carbons (Fsp3) is 0.333. The van der Waals surface area contributed by atoms with Gasteiger partial charge >= 0.3 is 0 Å². The number of hydrogen-bond acceptors (Lipinski definition) is 4. The first-order valence-corrected chi connectivity index (χ1v) is 3.99. The van der Waals surface area contributed by atoms with Gasteiger partial charge in [-0.3, -0.25) is 0 Å². The molecular weight excluding hydrogens is 168 g/mol. The van der Waals surface area contributed by atoms with E-state index in [1.165, 1.54) is 0 Å². The molecule has 0 radical (unpaired) electrons. The number of ether oxygens (including phenoxy) is 2. The predicted octanol–water partition coefficient (Wildman–Crippen LogP) is 0.999. The van der Waals surface area contributed by atoms with Crippen LogP contribution in [-0.2, 0) is 9.47 Å². The van der Waals surface area contributed by atoms with E-state index in [2.05, 4.69) is 4.98 Å². The molecule has 0 spiro atoms. The minimum absolute atomic E-state index is 0.305. The zero-order chi connectivity index (χ0) is 9.10. The van der Waals surface area contributed by atoms with E-state index in [9.17, 15) is 0 Å². The third kappa shape index (κ3) is 1.66. The van der Waals surface area contributed by atoms with Crippen LogP contribution in [0.5, 0.6) is 0 Å². The van der Waals surface area contributed by atoms with Crippen LogP contribution in [0.4, 0.5) is 0 Å². The maximum Gasteiger partial charge on any atom is 0.185 e. The fourth-order valence-corrected chi connectivity index (χ4v) is 1.16. The van der Waals surface area contributed by atoms with Crippen molar-refractivity contribution in [3.8, 4) is 6.07 Å². The van der Waals surface area contributed by atoms with Gasteiger partial charge in [-0.05, 0) is 12.1 Å². The Bertz CT molecular complexity index is 322. The summed E-state index contributed by atoms with van der Waals surface area (Å²) in [5.74, 6) is 0. The summed E-state index contributed by atoms with van der Waals surface area (Å²) in [5.41, 5.74) is 1.26. The van der Waals surface area contributed by atoms with Crippen LogP contribution >= 0.6 is 0 Å². The molecule has 13 heavy (non-hydrogen) atoms. The van der Waals surface area contributed by atoms with E-state index in [4.69, 9.17) is 14.7 Å². The standard InChI is InChI=1S/C9H8N2O2/c10-5-8-2-1-7(6-11-8)9-12-3-4-13-9/h1-2,6,9H,3-4H2. The Kier molecular flexibility index (Phi) is 2.21. The molecule has 0 aromatic carbocycles. The Morgan fingerprint density at radius 3 is 2.69 bits per heavy atom. The second-order valence-electron chi connectivity index (χ2n) is 2.66. The summed E-state index contributed by atoms with van der Waals surface area (Å²) in [5, 5.41) is 8.52. The normalized spacial score (nSPS) is 17.2. The molecule has 0 amide bonds. The highest BCUT2D eigenvalue weighted by atomic mass is 16.7. The Hall–Kier alpha value is -1.44. The van der Waals surface area contributed by atoms with Crippen molar-refractivity contribution in [3.05, 3.63) is 29.6 Å². The number of aromatic nitrogens is 1. The SMILES string of the molecule is N#Cc1ccc(C2OCCO2)cn1. The largest absolute Gasteiger partial charge is 0.346 e. The third-order valence-electron chi connectivity index (χ3n) is 1.79. The summed E-state index contributed by atoms with van der Waals surface area (Å²) in [6.45, 7) is 1.23. The monoisotopic (exact) mass is 176 g/mol. The zero-order valence-corrected chi connectivity index (χ0v) is 6.93. The smallest absolute Gasteiger partial charge is 0.185 e. The van der Waals surface area contributed by atoms with E-state index < -0.39 is 0 Å². The van der Waals surface area contributed by atoms with Gasteiger partial charge in [0, 0.05) is 11.8 Å². The summed E-state index contributed by atoms with van der Waals surface area (Å²) in [4.78, 5) is 3.92. The molecule has 66 valence electrons. The van der Waals surface area contributed by atoms with Crippen molar-refractivity contribution in [2.45, 2.75) is 6.29 Å². The van der Waals surface area contributed by atoms with Gasteiger partial charge in [0.05, 0.1) is 13.2 Å². The number of nitrogens with zero attached hydrogens (tertiary/aromatic N) is 2. The van der Waals surface area contributed by atoms with Gasteiger partial charge in [-0.1, -0.05) is 0 Å². The molecule has 0 saturated carbocycles. The maximum atomic E-state index is 8.52.